The summed E-state index contributed by atoms with van der Waals surface area (Å²) in [6.07, 6.45) is 1.88. The topological polar surface area (TPSA) is 108 Å². The molecule has 1 heterocycles. The third kappa shape index (κ3) is 4.49. The fourth-order valence-electron chi connectivity index (χ4n) is 2.34. The minimum atomic E-state index is -0.765. The predicted octanol–water partition coefficient (Wildman–Crippen LogP) is 1.36. The van der Waals surface area contributed by atoms with Gasteiger partial charge in [0.1, 0.15) is 0 Å². The highest BCUT2D eigenvalue weighted by Crippen LogP contribution is 2.21. The SMILES string of the molecule is Cc1c(C(=O)OCC(=O)NC[C@@H]2CCCO2)cccc1[N+](=O)[O-]. The standard InChI is InChI=1S/C15H18N2O6/c1-10-12(5-2-6-13(10)17(20)21)15(19)23-9-14(18)16-8-11-4-3-7-22-11/h2,5-6,11H,3-4,7-9H2,1H3,(H,16,18)/t11-/m0/s1. The maximum absolute atomic E-state index is 12.0. The van der Waals surface area contributed by atoms with Gasteiger partial charge < -0.3 is 14.8 Å². The van der Waals surface area contributed by atoms with Gasteiger partial charge in [-0.25, -0.2) is 4.79 Å². The Morgan fingerprint density at radius 3 is 2.91 bits per heavy atom. The van der Waals surface area contributed by atoms with Crippen molar-refractivity contribution in [2.75, 3.05) is 19.8 Å². The molecule has 1 saturated heterocycles. The Kier molecular flexibility index (Phi) is 5.64. The molecule has 0 aromatic heterocycles. The van der Waals surface area contributed by atoms with E-state index < -0.39 is 23.4 Å². The van der Waals surface area contributed by atoms with E-state index in [-0.39, 0.29) is 22.9 Å². The molecule has 0 spiro atoms. The number of hydrogen-bond acceptors (Lipinski definition) is 6. The Labute approximate surface area is 132 Å². The molecule has 0 aliphatic carbocycles. The average molecular weight is 322 g/mol. The lowest BCUT2D eigenvalue weighted by Gasteiger charge is -2.11. The molecule has 1 aliphatic heterocycles. The number of amides is 1. The number of nitro benzene ring substituents is 1. The van der Waals surface area contributed by atoms with Crippen LogP contribution in [0.1, 0.15) is 28.8 Å². The zero-order valence-electron chi connectivity index (χ0n) is 12.7. The lowest BCUT2D eigenvalue weighted by Crippen LogP contribution is -2.34. The van der Waals surface area contributed by atoms with Gasteiger partial charge in [-0.3, -0.25) is 14.9 Å². The van der Waals surface area contributed by atoms with Gasteiger partial charge in [0.2, 0.25) is 0 Å². The van der Waals surface area contributed by atoms with Crippen LogP contribution in [0.3, 0.4) is 0 Å². The van der Waals surface area contributed by atoms with Crippen LogP contribution < -0.4 is 5.32 Å². The molecule has 1 N–H and O–H groups in total. The highest BCUT2D eigenvalue weighted by molar-refractivity contribution is 5.93. The van der Waals surface area contributed by atoms with Crippen LogP contribution in [0.25, 0.3) is 0 Å². The molecular weight excluding hydrogens is 304 g/mol. The van der Waals surface area contributed by atoms with Crippen LogP contribution in [-0.4, -0.2) is 42.7 Å². The van der Waals surface area contributed by atoms with Crippen molar-refractivity contribution < 1.29 is 24.0 Å². The lowest BCUT2D eigenvalue weighted by molar-refractivity contribution is -0.385. The number of nitrogens with one attached hydrogen (secondary N) is 1. The number of rotatable bonds is 6. The molecule has 124 valence electrons. The normalized spacial score (nSPS) is 16.8. The number of nitro groups is 1. The first kappa shape index (κ1) is 16.9. The van der Waals surface area contributed by atoms with Crippen LogP contribution in [0.2, 0.25) is 0 Å². The predicted molar refractivity (Wildman–Crippen MR) is 80.1 cm³/mol. The molecule has 0 bridgehead atoms. The Balaban J connectivity index is 1.85. The maximum Gasteiger partial charge on any atom is 0.339 e. The van der Waals surface area contributed by atoms with E-state index >= 15 is 0 Å². The van der Waals surface area contributed by atoms with Gasteiger partial charge >= 0.3 is 5.97 Å². The first-order chi connectivity index (χ1) is 11.0. The molecule has 1 atom stereocenters. The van der Waals surface area contributed by atoms with E-state index in [2.05, 4.69) is 5.32 Å². The van der Waals surface area contributed by atoms with Crippen molar-refractivity contribution in [1.29, 1.82) is 0 Å². The first-order valence-electron chi connectivity index (χ1n) is 7.28. The molecule has 0 radical (unpaired) electrons. The maximum atomic E-state index is 12.0. The molecule has 2 rings (SSSR count). The second kappa shape index (κ2) is 7.68. The van der Waals surface area contributed by atoms with Gasteiger partial charge in [-0.2, -0.15) is 0 Å². The van der Waals surface area contributed by atoms with E-state index in [0.29, 0.717) is 13.2 Å². The summed E-state index contributed by atoms with van der Waals surface area (Å²) in [5.41, 5.74) is 0.121. The molecule has 1 aromatic carbocycles. The van der Waals surface area contributed by atoms with Gasteiger partial charge in [0, 0.05) is 24.8 Å². The Morgan fingerprint density at radius 1 is 1.48 bits per heavy atom. The van der Waals surface area contributed by atoms with Crippen molar-refractivity contribution in [1.82, 2.24) is 5.32 Å². The molecule has 8 heteroatoms. The van der Waals surface area contributed by atoms with Gasteiger partial charge in [0.25, 0.3) is 11.6 Å². The molecule has 1 aromatic rings. The third-order valence-electron chi connectivity index (χ3n) is 3.61. The average Bonchev–Trinajstić information content (AvgIpc) is 3.04. The van der Waals surface area contributed by atoms with Gasteiger partial charge in [-0.05, 0) is 25.8 Å². The molecule has 1 fully saturated rings. The number of carbonyl (C=O) groups excluding carboxylic acids is 2. The van der Waals surface area contributed by atoms with Crippen molar-refractivity contribution in [3.05, 3.63) is 39.4 Å². The number of ether oxygens (including phenoxy) is 2. The van der Waals surface area contributed by atoms with Crippen LogP contribution in [0, 0.1) is 17.0 Å². The molecule has 23 heavy (non-hydrogen) atoms. The number of esters is 1. The minimum Gasteiger partial charge on any atom is -0.452 e. The van der Waals surface area contributed by atoms with Crippen LogP contribution in [0.15, 0.2) is 18.2 Å². The zero-order valence-corrected chi connectivity index (χ0v) is 12.7. The van der Waals surface area contributed by atoms with Gasteiger partial charge in [0.15, 0.2) is 6.61 Å². The van der Waals surface area contributed by atoms with Gasteiger partial charge in [0.05, 0.1) is 16.6 Å². The van der Waals surface area contributed by atoms with E-state index in [0.717, 1.165) is 12.8 Å². The molecule has 1 amide bonds. The number of carbonyl (C=O) groups is 2. The quantitative estimate of drug-likeness (QED) is 0.481. The fourth-order valence-corrected chi connectivity index (χ4v) is 2.34. The van der Waals surface area contributed by atoms with Gasteiger partial charge in [-0.1, -0.05) is 6.07 Å². The Bertz CT molecular complexity index is 610. The zero-order chi connectivity index (χ0) is 16.8. The van der Waals surface area contributed by atoms with Crippen molar-refractivity contribution in [3.8, 4) is 0 Å². The number of hydrogen-bond donors (Lipinski definition) is 1. The molecule has 1 aliphatic rings. The summed E-state index contributed by atoms with van der Waals surface area (Å²) < 4.78 is 10.3. The van der Waals surface area contributed by atoms with E-state index in [4.69, 9.17) is 9.47 Å². The van der Waals surface area contributed by atoms with Crippen molar-refractivity contribution >= 4 is 17.6 Å². The van der Waals surface area contributed by atoms with Crippen molar-refractivity contribution in [2.45, 2.75) is 25.9 Å². The van der Waals surface area contributed by atoms with Crippen LogP contribution in [0.5, 0.6) is 0 Å². The summed E-state index contributed by atoms with van der Waals surface area (Å²) in [4.78, 5) is 33.9. The summed E-state index contributed by atoms with van der Waals surface area (Å²) in [6.45, 7) is 2.10. The van der Waals surface area contributed by atoms with E-state index in [9.17, 15) is 19.7 Å². The van der Waals surface area contributed by atoms with Crippen LogP contribution in [-0.2, 0) is 14.3 Å². The van der Waals surface area contributed by atoms with Crippen molar-refractivity contribution in [3.63, 3.8) is 0 Å². The molecule has 0 unspecified atom stereocenters. The summed E-state index contributed by atoms with van der Waals surface area (Å²) in [5, 5.41) is 13.5. The summed E-state index contributed by atoms with van der Waals surface area (Å²) in [5.74, 6) is -1.20. The second-order valence-electron chi connectivity index (χ2n) is 5.22. The monoisotopic (exact) mass is 322 g/mol. The summed E-state index contributed by atoms with van der Waals surface area (Å²) in [6, 6.07) is 4.13. The first-order valence-corrected chi connectivity index (χ1v) is 7.28. The van der Waals surface area contributed by atoms with E-state index in [1.807, 2.05) is 0 Å². The smallest absolute Gasteiger partial charge is 0.339 e. The molecular formula is C15H18N2O6. The molecule has 0 saturated carbocycles. The summed E-state index contributed by atoms with van der Waals surface area (Å²) in [7, 11) is 0. The van der Waals surface area contributed by atoms with Gasteiger partial charge in [-0.15, -0.1) is 0 Å². The Morgan fingerprint density at radius 2 is 2.26 bits per heavy atom. The van der Waals surface area contributed by atoms with Crippen LogP contribution in [0.4, 0.5) is 5.69 Å². The highest BCUT2D eigenvalue weighted by atomic mass is 16.6. The molecule has 8 nitrogen and oxygen atoms in total. The number of benzene rings is 1. The second-order valence-corrected chi connectivity index (χ2v) is 5.22. The van der Waals surface area contributed by atoms with Crippen molar-refractivity contribution in [2.24, 2.45) is 0 Å². The minimum absolute atomic E-state index is 0.00803. The van der Waals surface area contributed by atoms with Crippen LogP contribution >= 0.6 is 0 Å². The van der Waals surface area contributed by atoms with E-state index in [1.54, 1.807) is 0 Å². The Hall–Kier alpha value is -2.48. The summed E-state index contributed by atoms with van der Waals surface area (Å²) >= 11 is 0. The number of nitrogens with zero attached hydrogens (tertiary/aromatic N) is 1. The fraction of sp³-hybridized carbons (Fsp3) is 0.467. The third-order valence-corrected chi connectivity index (χ3v) is 3.61. The largest absolute Gasteiger partial charge is 0.452 e. The highest BCUT2D eigenvalue weighted by Gasteiger charge is 2.20. The van der Waals surface area contributed by atoms with E-state index in [1.165, 1.54) is 25.1 Å². The lowest BCUT2D eigenvalue weighted by atomic mass is 10.1.